The van der Waals surface area contributed by atoms with Crippen LogP contribution in [0.1, 0.15) is 15.9 Å². The van der Waals surface area contributed by atoms with E-state index < -0.39 is 0 Å². The van der Waals surface area contributed by atoms with Crippen molar-refractivity contribution in [2.45, 2.75) is 0 Å². The third kappa shape index (κ3) is 1.23. The van der Waals surface area contributed by atoms with Crippen molar-refractivity contribution in [3.8, 4) is 16.9 Å². The Balaban J connectivity index is 2.28. The number of phenols is 1. The highest BCUT2D eigenvalue weighted by molar-refractivity contribution is 6.26. The minimum absolute atomic E-state index is 0.0271. The molecule has 3 aromatic rings. The summed E-state index contributed by atoms with van der Waals surface area (Å²) in [7, 11) is 0. The summed E-state index contributed by atoms with van der Waals surface area (Å²) in [5.74, 6) is 0.243. The summed E-state index contributed by atoms with van der Waals surface area (Å²) < 4.78 is 0. The molecule has 19 heavy (non-hydrogen) atoms. The highest BCUT2D eigenvalue weighted by Gasteiger charge is 2.25. The Kier molecular flexibility index (Phi) is 1.88. The number of phenolic OH excluding ortho intramolecular Hbond substituents is 1. The van der Waals surface area contributed by atoms with Gasteiger partial charge in [-0.05, 0) is 17.2 Å². The molecule has 0 saturated carbocycles. The fourth-order valence-electron chi connectivity index (χ4n) is 2.87. The summed E-state index contributed by atoms with van der Waals surface area (Å²) in [6, 6.07) is 16.7. The minimum atomic E-state index is 0.0271. The molecule has 1 aliphatic rings. The van der Waals surface area contributed by atoms with E-state index in [1.165, 1.54) is 0 Å². The van der Waals surface area contributed by atoms with E-state index >= 15 is 0 Å². The second-order valence-electron chi connectivity index (χ2n) is 4.74. The van der Waals surface area contributed by atoms with E-state index in [1.807, 2.05) is 48.5 Å². The standard InChI is InChI=1S/C17H10O2/c18-15-9-8-11-10-4-1-2-5-12(10)17(19)14-7-3-6-13(15)16(11)14/h1-9,18H. The first kappa shape index (κ1) is 10.3. The molecule has 0 atom stereocenters. The molecular weight excluding hydrogens is 236 g/mol. The van der Waals surface area contributed by atoms with Gasteiger partial charge in [0, 0.05) is 21.9 Å². The summed E-state index contributed by atoms with van der Waals surface area (Å²) in [4.78, 5) is 12.5. The van der Waals surface area contributed by atoms with E-state index in [2.05, 4.69) is 0 Å². The lowest BCUT2D eigenvalue weighted by Gasteiger charge is -2.19. The first-order valence-electron chi connectivity index (χ1n) is 6.16. The number of ketones is 1. The van der Waals surface area contributed by atoms with Crippen LogP contribution in [0.15, 0.2) is 54.6 Å². The summed E-state index contributed by atoms with van der Waals surface area (Å²) >= 11 is 0. The van der Waals surface area contributed by atoms with Gasteiger partial charge in [-0.3, -0.25) is 4.79 Å². The topological polar surface area (TPSA) is 37.3 Å². The monoisotopic (exact) mass is 246 g/mol. The molecule has 0 spiro atoms. The minimum Gasteiger partial charge on any atom is -0.507 e. The molecule has 2 nitrogen and oxygen atoms in total. The van der Waals surface area contributed by atoms with Crippen molar-refractivity contribution in [1.82, 2.24) is 0 Å². The maximum atomic E-state index is 12.5. The Hall–Kier alpha value is -2.61. The van der Waals surface area contributed by atoms with Crippen molar-refractivity contribution in [2.75, 3.05) is 0 Å². The van der Waals surface area contributed by atoms with Gasteiger partial charge in [0.2, 0.25) is 0 Å². The van der Waals surface area contributed by atoms with Gasteiger partial charge >= 0.3 is 0 Å². The number of rotatable bonds is 0. The fraction of sp³-hybridized carbons (Fsp3) is 0. The van der Waals surface area contributed by atoms with Crippen molar-refractivity contribution in [3.63, 3.8) is 0 Å². The lowest BCUT2D eigenvalue weighted by Crippen LogP contribution is -2.09. The molecule has 2 heteroatoms. The van der Waals surface area contributed by atoms with Gasteiger partial charge in [0.05, 0.1) is 0 Å². The van der Waals surface area contributed by atoms with Crippen LogP contribution in [0.4, 0.5) is 0 Å². The van der Waals surface area contributed by atoms with Gasteiger partial charge in [-0.1, -0.05) is 48.5 Å². The Bertz CT molecular complexity index is 847. The number of fused-ring (bicyclic) bond motifs is 2. The maximum absolute atomic E-state index is 12.5. The molecule has 0 amide bonds. The predicted molar refractivity (Wildman–Crippen MR) is 74.5 cm³/mol. The van der Waals surface area contributed by atoms with Crippen LogP contribution in [-0.4, -0.2) is 10.9 Å². The van der Waals surface area contributed by atoms with Crippen LogP contribution in [0.2, 0.25) is 0 Å². The molecule has 4 rings (SSSR count). The Morgan fingerprint density at radius 2 is 1.42 bits per heavy atom. The van der Waals surface area contributed by atoms with Crippen LogP contribution in [-0.2, 0) is 0 Å². The van der Waals surface area contributed by atoms with Crippen LogP contribution in [0.3, 0.4) is 0 Å². The third-order valence-corrected chi connectivity index (χ3v) is 3.72. The summed E-state index contributed by atoms with van der Waals surface area (Å²) in [5, 5.41) is 11.5. The lowest BCUT2D eigenvalue weighted by atomic mass is 9.83. The first-order chi connectivity index (χ1) is 9.27. The third-order valence-electron chi connectivity index (χ3n) is 3.72. The van der Waals surface area contributed by atoms with Gasteiger partial charge in [-0.15, -0.1) is 0 Å². The van der Waals surface area contributed by atoms with Gasteiger partial charge in [0.25, 0.3) is 0 Å². The molecule has 0 unspecified atom stereocenters. The average molecular weight is 246 g/mol. The number of hydrogen-bond donors (Lipinski definition) is 1. The molecular formula is C17H10O2. The normalized spacial score (nSPS) is 12.5. The fourth-order valence-corrected chi connectivity index (χ4v) is 2.87. The molecule has 0 aliphatic heterocycles. The van der Waals surface area contributed by atoms with E-state index in [-0.39, 0.29) is 11.5 Å². The smallest absolute Gasteiger partial charge is 0.194 e. The van der Waals surface area contributed by atoms with Crippen molar-refractivity contribution in [2.24, 2.45) is 0 Å². The van der Waals surface area contributed by atoms with E-state index in [1.54, 1.807) is 6.07 Å². The molecule has 0 radical (unpaired) electrons. The molecule has 1 aliphatic carbocycles. The number of carbonyl (C=O) groups excluding carboxylic acids is 1. The van der Waals surface area contributed by atoms with Crippen molar-refractivity contribution in [1.29, 1.82) is 0 Å². The molecule has 0 bridgehead atoms. The number of carbonyl (C=O) groups is 1. The Labute approximate surface area is 109 Å². The van der Waals surface area contributed by atoms with E-state index in [0.717, 1.165) is 27.5 Å². The Morgan fingerprint density at radius 1 is 0.684 bits per heavy atom. The van der Waals surface area contributed by atoms with Crippen molar-refractivity contribution in [3.05, 3.63) is 65.7 Å². The van der Waals surface area contributed by atoms with Gasteiger partial charge in [-0.2, -0.15) is 0 Å². The maximum Gasteiger partial charge on any atom is 0.194 e. The zero-order chi connectivity index (χ0) is 13.0. The highest BCUT2D eigenvalue weighted by atomic mass is 16.3. The first-order valence-corrected chi connectivity index (χ1v) is 6.16. The molecule has 0 saturated heterocycles. The number of hydrogen-bond acceptors (Lipinski definition) is 2. The number of benzene rings is 3. The lowest BCUT2D eigenvalue weighted by molar-refractivity contribution is 0.104. The summed E-state index contributed by atoms with van der Waals surface area (Å²) in [5.41, 5.74) is 3.35. The molecule has 90 valence electrons. The molecule has 0 aromatic heterocycles. The number of aromatic hydroxyl groups is 1. The van der Waals surface area contributed by atoms with E-state index in [9.17, 15) is 9.90 Å². The summed E-state index contributed by atoms with van der Waals surface area (Å²) in [6.07, 6.45) is 0. The molecule has 0 heterocycles. The summed E-state index contributed by atoms with van der Waals surface area (Å²) in [6.45, 7) is 0. The highest BCUT2D eigenvalue weighted by Crippen LogP contribution is 2.41. The molecule has 0 fully saturated rings. The average Bonchev–Trinajstić information content (AvgIpc) is 2.46. The van der Waals surface area contributed by atoms with Gasteiger partial charge in [0.1, 0.15) is 5.75 Å². The van der Waals surface area contributed by atoms with E-state index in [0.29, 0.717) is 5.56 Å². The SMILES string of the molecule is O=C1c2ccccc2-c2ccc(O)c3cccc1c23. The molecule has 1 N–H and O–H groups in total. The quantitative estimate of drug-likeness (QED) is 0.513. The largest absolute Gasteiger partial charge is 0.507 e. The van der Waals surface area contributed by atoms with Crippen molar-refractivity contribution < 1.29 is 9.90 Å². The Morgan fingerprint density at radius 3 is 2.26 bits per heavy atom. The van der Waals surface area contributed by atoms with Crippen LogP contribution in [0.25, 0.3) is 21.9 Å². The van der Waals surface area contributed by atoms with Crippen LogP contribution >= 0.6 is 0 Å². The van der Waals surface area contributed by atoms with Crippen LogP contribution < -0.4 is 0 Å². The van der Waals surface area contributed by atoms with Gasteiger partial charge in [0.15, 0.2) is 5.78 Å². The predicted octanol–water partition coefficient (Wildman–Crippen LogP) is 3.76. The molecule has 3 aromatic carbocycles. The van der Waals surface area contributed by atoms with Crippen molar-refractivity contribution >= 4 is 16.6 Å². The zero-order valence-electron chi connectivity index (χ0n) is 10.1. The van der Waals surface area contributed by atoms with Crippen LogP contribution in [0.5, 0.6) is 5.75 Å². The zero-order valence-corrected chi connectivity index (χ0v) is 10.1. The van der Waals surface area contributed by atoms with E-state index in [4.69, 9.17) is 0 Å². The van der Waals surface area contributed by atoms with Gasteiger partial charge in [-0.25, -0.2) is 0 Å². The second-order valence-corrected chi connectivity index (χ2v) is 4.74. The second kappa shape index (κ2) is 3.45. The van der Waals surface area contributed by atoms with Crippen LogP contribution in [0, 0.1) is 0 Å². The van der Waals surface area contributed by atoms with Gasteiger partial charge < -0.3 is 5.11 Å².